The van der Waals surface area contributed by atoms with Crippen LogP contribution in [0.5, 0.6) is 0 Å². The number of hydrogen-bond donors (Lipinski definition) is 2. The highest BCUT2D eigenvalue weighted by Crippen LogP contribution is 2.18. The molecule has 15 heavy (non-hydrogen) atoms. The lowest BCUT2D eigenvalue weighted by molar-refractivity contribution is 0.520. The van der Waals surface area contributed by atoms with Crippen LogP contribution in [-0.4, -0.2) is 6.04 Å². The Labute approximate surface area is 99.7 Å². The van der Waals surface area contributed by atoms with Crippen LogP contribution in [0.2, 0.25) is 0 Å². The maximum absolute atomic E-state index is 5.51. The van der Waals surface area contributed by atoms with Gasteiger partial charge < -0.3 is 0 Å². The van der Waals surface area contributed by atoms with Crippen LogP contribution < -0.4 is 11.3 Å². The van der Waals surface area contributed by atoms with Gasteiger partial charge in [0.2, 0.25) is 0 Å². The third kappa shape index (κ3) is 4.16. The maximum atomic E-state index is 5.51. The lowest BCUT2D eigenvalue weighted by atomic mass is 10.0. The van der Waals surface area contributed by atoms with E-state index in [-0.39, 0.29) is 6.04 Å². The van der Waals surface area contributed by atoms with Gasteiger partial charge in [-0.3, -0.25) is 11.3 Å². The Morgan fingerprint density at radius 1 is 1.53 bits per heavy atom. The predicted molar refractivity (Wildman–Crippen MR) is 68.4 cm³/mol. The van der Waals surface area contributed by atoms with Gasteiger partial charge in [-0.1, -0.05) is 39.7 Å². The summed E-state index contributed by atoms with van der Waals surface area (Å²) in [5.74, 6) is 5.51. The molecule has 3 heteroatoms. The van der Waals surface area contributed by atoms with Crippen LogP contribution in [0.3, 0.4) is 0 Å². The van der Waals surface area contributed by atoms with Crippen molar-refractivity contribution in [2.75, 3.05) is 0 Å². The Morgan fingerprint density at radius 3 is 2.73 bits per heavy atom. The Hall–Kier alpha value is -0.640. The van der Waals surface area contributed by atoms with E-state index in [4.69, 9.17) is 5.84 Å². The molecule has 0 bridgehead atoms. The molecule has 1 rings (SSSR count). The molecule has 0 aliphatic rings. The minimum Gasteiger partial charge on any atom is -0.271 e. The van der Waals surface area contributed by atoms with Crippen molar-refractivity contribution in [1.82, 2.24) is 5.43 Å². The van der Waals surface area contributed by atoms with Crippen molar-refractivity contribution >= 4 is 15.9 Å². The van der Waals surface area contributed by atoms with Crippen molar-refractivity contribution in [2.24, 2.45) is 5.84 Å². The number of hydrogen-bond acceptors (Lipinski definition) is 2. The summed E-state index contributed by atoms with van der Waals surface area (Å²) in [5, 5.41) is 0. The molecule has 1 aromatic rings. The highest BCUT2D eigenvalue weighted by atomic mass is 79.9. The van der Waals surface area contributed by atoms with Crippen molar-refractivity contribution in [3.05, 3.63) is 46.5 Å². The number of halogens is 1. The van der Waals surface area contributed by atoms with E-state index < -0.39 is 0 Å². The molecule has 1 unspecified atom stereocenters. The van der Waals surface area contributed by atoms with Crippen LogP contribution in [0.25, 0.3) is 0 Å². The fraction of sp³-hybridized carbons (Fsp3) is 0.333. The maximum Gasteiger partial charge on any atom is 0.0288 e. The minimum atomic E-state index is 0.251. The summed E-state index contributed by atoms with van der Waals surface area (Å²) < 4.78 is 1.13. The Bertz CT molecular complexity index is 336. The summed E-state index contributed by atoms with van der Waals surface area (Å²) in [6.07, 6.45) is 1.81. The second-order valence-electron chi connectivity index (χ2n) is 3.82. The van der Waals surface area contributed by atoms with Crippen molar-refractivity contribution < 1.29 is 0 Å². The zero-order valence-corrected chi connectivity index (χ0v) is 10.5. The largest absolute Gasteiger partial charge is 0.271 e. The summed E-state index contributed by atoms with van der Waals surface area (Å²) in [4.78, 5) is 0. The normalized spacial score (nSPS) is 12.5. The molecule has 82 valence electrons. The molecule has 0 saturated carbocycles. The van der Waals surface area contributed by atoms with Crippen molar-refractivity contribution in [1.29, 1.82) is 0 Å². The van der Waals surface area contributed by atoms with Gasteiger partial charge in [-0.2, -0.15) is 0 Å². The Kier molecular flexibility index (Phi) is 5.02. The second kappa shape index (κ2) is 6.05. The number of nitrogens with one attached hydrogen (secondary N) is 1. The first kappa shape index (κ1) is 12.4. The van der Waals surface area contributed by atoms with E-state index in [1.807, 2.05) is 25.1 Å². The fourth-order valence-corrected chi connectivity index (χ4v) is 1.99. The SMILES string of the molecule is C=C(C)CC(Cc1ccccc1Br)NN. The highest BCUT2D eigenvalue weighted by molar-refractivity contribution is 9.10. The van der Waals surface area contributed by atoms with E-state index in [1.165, 1.54) is 5.56 Å². The summed E-state index contributed by atoms with van der Waals surface area (Å²) in [5.41, 5.74) is 5.24. The lowest BCUT2D eigenvalue weighted by Gasteiger charge is -2.16. The standard InChI is InChI=1S/C12H17BrN2/c1-9(2)7-11(15-14)8-10-5-3-4-6-12(10)13/h3-6,11,15H,1,7-8,14H2,2H3. The van der Waals surface area contributed by atoms with Gasteiger partial charge in [0.15, 0.2) is 0 Å². The van der Waals surface area contributed by atoms with Crippen molar-refractivity contribution in [2.45, 2.75) is 25.8 Å². The van der Waals surface area contributed by atoms with Gasteiger partial charge >= 0.3 is 0 Å². The van der Waals surface area contributed by atoms with Crippen molar-refractivity contribution in [3.8, 4) is 0 Å². The first-order valence-electron chi connectivity index (χ1n) is 4.97. The predicted octanol–water partition coefficient (Wildman–Crippen LogP) is 2.79. The van der Waals surface area contributed by atoms with E-state index in [9.17, 15) is 0 Å². The zero-order valence-electron chi connectivity index (χ0n) is 8.96. The number of hydrazine groups is 1. The van der Waals surface area contributed by atoms with Crippen molar-refractivity contribution in [3.63, 3.8) is 0 Å². The molecule has 0 radical (unpaired) electrons. The molecule has 0 aliphatic heterocycles. The molecule has 0 fully saturated rings. The van der Waals surface area contributed by atoms with Gasteiger partial charge in [0, 0.05) is 10.5 Å². The topological polar surface area (TPSA) is 38.0 Å². The smallest absolute Gasteiger partial charge is 0.0288 e. The van der Waals surface area contributed by atoms with E-state index in [0.717, 1.165) is 22.9 Å². The van der Waals surface area contributed by atoms with Crippen LogP contribution in [0.15, 0.2) is 40.9 Å². The number of nitrogens with two attached hydrogens (primary N) is 1. The Morgan fingerprint density at radius 2 is 2.20 bits per heavy atom. The summed E-state index contributed by atoms with van der Waals surface area (Å²) in [6, 6.07) is 8.45. The van der Waals surface area contributed by atoms with Crippen LogP contribution in [0.1, 0.15) is 18.9 Å². The van der Waals surface area contributed by atoms with Gasteiger partial charge in [0.25, 0.3) is 0 Å². The molecule has 0 saturated heterocycles. The molecule has 3 N–H and O–H groups in total. The summed E-state index contributed by atoms with van der Waals surface area (Å²) >= 11 is 3.53. The molecule has 2 nitrogen and oxygen atoms in total. The first-order chi connectivity index (χ1) is 7.13. The van der Waals surface area contributed by atoms with Gasteiger partial charge in [-0.25, -0.2) is 0 Å². The van der Waals surface area contributed by atoms with Crippen LogP contribution in [-0.2, 0) is 6.42 Å². The summed E-state index contributed by atoms with van der Waals surface area (Å²) in [6.45, 7) is 5.92. The molecule has 1 aromatic carbocycles. The minimum absolute atomic E-state index is 0.251. The van der Waals surface area contributed by atoms with Gasteiger partial charge in [-0.15, -0.1) is 6.58 Å². The number of benzene rings is 1. The van der Waals surface area contributed by atoms with Gasteiger partial charge in [-0.05, 0) is 31.4 Å². The Balaban J connectivity index is 2.66. The molecule has 1 atom stereocenters. The molecule has 0 aliphatic carbocycles. The van der Waals surface area contributed by atoms with E-state index in [0.29, 0.717) is 0 Å². The molecular weight excluding hydrogens is 252 g/mol. The molecule has 0 amide bonds. The first-order valence-corrected chi connectivity index (χ1v) is 5.76. The van der Waals surface area contributed by atoms with E-state index >= 15 is 0 Å². The number of rotatable bonds is 5. The monoisotopic (exact) mass is 268 g/mol. The van der Waals surface area contributed by atoms with Crippen LogP contribution >= 0.6 is 15.9 Å². The third-order valence-corrected chi connectivity index (χ3v) is 3.03. The van der Waals surface area contributed by atoms with E-state index in [1.54, 1.807) is 0 Å². The zero-order chi connectivity index (χ0) is 11.3. The summed E-state index contributed by atoms with van der Waals surface area (Å²) in [7, 11) is 0. The average Bonchev–Trinajstić information content (AvgIpc) is 2.19. The van der Waals surface area contributed by atoms with Gasteiger partial charge in [0.1, 0.15) is 0 Å². The van der Waals surface area contributed by atoms with Crippen LogP contribution in [0, 0.1) is 0 Å². The van der Waals surface area contributed by atoms with E-state index in [2.05, 4.69) is 34.0 Å². The fourth-order valence-electron chi connectivity index (χ4n) is 1.54. The van der Waals surface area contributed by atoms with Crippen LogP contribution in [0.4, 0.5) is 0 Å². The molecular formula is C12H17BrN2. The lowest BCUT2D eigenvalue weighted by Crippen LogP contribution is -2.36. The quantitative estimate of drug-likeness (QED) is 0.490. The third-order valence-electron chi connectivity index (χ3n) is 2.25. The molecule has 0 spiro atoms. The highest BCUT2D eigenvalue weighted by Gasteiger charge is 2.09. The molecule has 0 aromatic heterocycles. The average molecular weight is 269 g/mol. The van der Waals surface area contributed by atoms with Gasteiger partial charge in [0.05, 0.1) is 0 Å². The molecule has 0 heterocycles. The second-order valence-corrected chi connectivity index (χ2v) is 4.67.